The van der Waals surface area contributed by atoms with Crippen LogP contribution < -0.4 is 10.9 Å². The van der Waals surface area contributed by atoms with Crippen LogP contribution in [-0.4, -0.2) is 50.9 Å². The van der Waals surface area contributed by atoms with Gasteiger partial charge in [0.15, 0.2) is 11.5 Å². The van der Waals surface area contributed by atoms with E-state index in [4.69, 9.17) is 4.42 Å². The number of fused-ring (bicyclic) bond motifs is 1. The zero-order chi connectivity index (χ0) is 23.7. The second-order valence-corrected chi connectivity index (χ2v) is 9.02. The lowest BCUT2D eigenvalue weighted by atomic mass is 9.97. The molecule has 0 unspecified atom stereocenters. The van der Waals surface area contributed by atoms with Crippen LogP contribution in [0.2, 0.25) is 0 Å². The molecule has 1 saturated heterocycles. The molecule has 1 aliphatic rings. The first-order chi connectivity index (χ1) is 16.5. The summed E-state index contributed by atoms with van der Waals surface area (Å²) in [4.78, 5) is 43.5. The van der Waals surface area contributed by atoms with Gasteiger partial charge in [-0.05, 0) is 38.0 Å². The van der Waals surface area contributed by atoms with Gasteiger partial charge in [0.05, 0.1) is 5.01 Å². The van der Waals surface area contributed by atoms with Gasteiger partial charge in [-0.25, -0.2) is 4.98 Å². The third-order valence-electron chi connectivity index (χ3n) is 5.75. The lowest BCUT2D eigenvalue weighted by molar-refractivity contribution is 0.0683. The highest BCUT2D eigenvalue weighted by atomic mass is 32.1. The summed E-state index contributed by atoms with van der Waals surface area (Å²) in [6.45, 7) is 2.94. The lowest BCUT2D eigenvalue weighted by Gasteiger charge is -2.30. The largest absolute Gasteiger partial charge is 0.451 e. The quantitative estimate of drug-likeness (QED) is 0.386. The molecule has 1 aliphatic heterocycles. The number of aromatic amines is 1. The molecule has 3 aromatic heterocycles. The Hall–Kier alpha value is -3.99. The molecule has 4 heterocycles. The van der Waals surface area contributed by atoms with Crippen molar-refractivity contribution in [3.63, 3.8) is 0 Å². The molecule has 4 aromatic rings. The molecule has 3 amide bonds. The number of furan rings is 1. The molecule has 0 atom stereocenters. The topological polar surface area (TPSA) is 133 Å². The highest BCUT2D eigenvalue weighted by Crippen LogP contribution is 2.31. The van der Waals surface area contributed by atoms with Crippen molar-refractivity contribution in [2.45, 2.75) is 25.7 Å². The fourth-order valence-electron chi connectivity index (χ4n) is 3.93. The van der Waals surface area contributed by atoms with E-state index in [2.05, 4.69) is 26.0 Å². The molecule has 0 saturated carbocycles. The summed E-state index contributed by atoms with van der Waals surface area (Å²) >= 11 is 1.40. The summed E-state index contributed by atoms with van der Waals surface area (Å²) in [5.74, 6) is -0.625. The normalized spacial score (nSPS) is 14.3. The van der Waals surface area contributed by atoms with Gasteiger partial charge < -0.3 is 9.32 Å². The van der Waals surface area contributed by atoms with Crippen LogP contribution in [0.1, 0.15) is 61.0 Å². The number of piperidine rings is 1. The molecule has 34 heavy (non-hydrogen) atoms. The Morgan fingerprint density at radius 2 is 1.82 bits per heavy atom. The minimum Gasteiger partial charge on any atom is -0.451 e. The minimum absolute atomic E-state index is 0.114. The van der Waals surface area contributed by atoms with Crippen LogP contribution in [0, 0.1) is 6.92 Å². The van der Waals surface area contributed by atoms with E-state index >= 15 is 0 Å². The standard InChI is InChI=1S/C23H22N6O4S/c1-13-10-16(26-25-13)20(30)27-28-21(31)17-12-34-22(24-17)14-6-8-29(9-7-14)23(32)19-11-15-4-2-3-5-18(15)33-19/h2-5,10-12,14H,6-9H2,1H3,(H,25,26)(H,27,30)(H,28,31). The smallest absolute Gasteiger partial charge is 0.290 e. The maximum absolute atomic E-state index is 12.9. The second-order valence-electron chi connectivity index (χ2n) is 8.13. The number of aromatic nitrogens is 3. The van der Waals surface area contributed by atoms with Crippen LogP contribution >= 0.6 is 11.3 Å². The summed E-state index contributed by atoms with van der Waals surface area (Å²) in [6.07, 6.45) is 1.49. The van der Waals surface area contributed by atoms with Gasteiger partial charge >= 0.3 is 0 Å². The Morgan fingerprint density at radius 1 is 1.09 bits per heavy atom. The van der Waals surface area contributed by atoms with Crippen LogP contribution in [0.25, 0.3) is 11.0 Å². The van der Waals surface area contributed by atoms with Crippen molar-refractivity contribution < 1.29 is 18.8 Å². The predicted molar refractivity (Wildman–Crippen MR) is 124 cm³/mol. The number of hydrogen-bond donors (Lipinski definition) is 3. The van der Waals surface area contributed by atoms with Gasteiger partial charge in [0.2, 0.25) is 0 Å². The molecule has 11 heteroatoms. The summed E-state index contributed by atoms with van der Waals surface area (Å²) in [7, 11) is 0. The average Bonchev–Trinajstić information content (AvgIpc) is 3.61. The van der Waals surface area contributed by atoms with Crippen LogP contribution in [0.3, 0.4) is 0 Å². The van der Waals surface area contributed by atoms with E-state index in [1.54, 1.807) is 29.3 Å². The first-order valence-electron chi connectivity index (χ1n) is 10.8. The number of para-hydroxylation sites is 1. The number of hydrogen-bond acceptors (Lipinski definition) is 7. The lowest BCUT2D eigenvalue weighted by Crippen LogP contribution is -2.42. The van der Waals surface area contributed by atoms with E-state index in [0.29, 0.717) is 24.4 Å². The molecule has 10 nitrogen and oxygen atoms in total. The zero-order valence-corrected chi connectivity index (χ0v) is 19.1. The molecular formula is C23H22N6O4S. The molecule has 0 spiro atoms. The number of nitrogens with zero attached hydrogens (tertiary/aromatic N) is 3. The van der Waals surface area contributed by atoms with Gasteiger partial charge in [-0.15, -0.1) is 11.3 Å². The number of carbonyl (C=O) groups excluding carboxylic acids is 3. The number of benzene rings is 1. The van der Waals surface area contributed by atoms with Gasteiger partial charge in [-0.2, -0.15) is 5.10 Å². The van der Waals surface area contributed by atoms with Crippen molar-refractivity contribution >= 4 is 40.0 Å². The van der Waals surface area contributed by atoms with E-state index < -0.39 is 11.8 Å². The number of amides is 3. The van der Waals surface area contributed by atoms with Crippen molar-refractivity contribution in [3.05, 3.63) is 69.6 Å². The molecule has 0 bridgehead atoms. The minimum atomic E-state index is -0.519. The number of thiazole rings is 1. The van der Waals surface area contributed by atoms with Crippen LogP contribution in [0.15, 0.2) is 46.2 Å². The number of nitrogens with one attached hydrogen (secondary N) is 3. The molecule has 0 radical (unpaired) electrons. The fourth-order valence-corrected chi connectivity index (χ4v) is 4.90. The van der Waals surface area contributed by atoms with Crippen LogP contribution in [-0.2, 0) is 0 Å². The van der Waals surface area contributed by atoms with Gasteiger partial charge in [-0.1, -0.05) is 18.2 Å². The van der Waals surface area contributed by atoms with Crippen molar-refractivity contribution in [3.8, 4) is 0 Å². The number of H-pyrrole nitrogens is 1. The van der Waals surface area contributed by atoms with Crippen molar-refractivity contribution in [1.82, 2.24) is 30.9 Å². The highest BCUT2D eigenvalue weighted by Gasteiger charge is 2.28. The third-order valence-corrected chi connectivity index (χ3v) is 6.76. The predicted octanol–water partition coefficient (Wildman–Crippen LogP) is 3.02. The zero-order valence-electron chi connectivity index (χ0n) is 18.3. The SMILES string of the molecule is Cc1cc(C(=O)NNC(=O)c2csc(C3CCN(C(=O)c4cc5ccccc5o4)CC3)n2)n[nH]1. The second kappa shape index (κ2) is 9.10. The Bertz CT molecular complexity index is 1330. The van der Waals surface area contributed by atoms with Crippen LogP contribution in [0.5, 0.6) is 0 Å². The Labute approximate surface area is 198 Å². The Balaban J connectivity index is 1.15. The first kappa shape index (κ1) is 21.8. The summed E-state index contributed by atoms with van der Waals surface area (Å²) in [5, 5.41) is 9.93. The molecule has 1 fully saturated rings. The summed E-state index contributed by atoms with van der Waals surface area (Å²) < 4.78 is 5.71. The molecule has 1 aromatic carbocycles. The van der Waals surface area contributed by atoms with Gasteiger partial charge in [0.1, 0.15) is 11.3 Å². The first-order valence-corrected chi connectivity index (χ1v) is 11.7. The number of aryl methyl sites for hydroxylation is 1. The van der Waals surface area contributed by atoms with Gasteiger partial charge in [0, 0.05) is 35.5 Å². The summed E-state index contributed by atoms with van der Waals surface area (Å²) in [5.41, 5.74) is 6.55. The van der Waals surface area contributed by atoms with Crippen LogP contribution in [0.4, 0.5) is 0 Å². The van der Waals surface area contributed by atoms with Gasteiger partial charge in [0.25, 0.3) is 17.7 Å². The van der Waals surface area contributed by atoms with E-state index in [-0.39, 0.29) is 23.2 Å². The van der Waals surface area contributed by atoms with Crippen molar-refractivity contribution in [2.24, 2.45) is 0 Å². The number of carbonyl (C=O) groups is 3. The van der Waals surface area contributed by atoms with Crippen molar-refractivity contribution in [1.29, 1.82) is 0 Å². The Kier molecular flexibility index (Phi) is 5.84. The van der Waals surface area contributed by atoms with E-state index in [9.17, 15) is 14.4 Å². The number of rotatable bonds is 4. The molecule has 5 rings (SSSR count). The molecule has 3 N–H and O–H groups in total. The van der Waals surface area contributed by atoms with Gasteiger partial charge in [-0.3, -0.25) is 30.3 Å². The monoisotopic (exact) mass is 478 g/mol. The van der Waals surface area contributed by atoms with E-state index in [1.165, 1.54) is 11.3 Å². The summed E-state index contributed by atoms with van der Waals surface area (Å²) in [6, 6.07) is 10.9. The number of hydrazine groups is 1. The Morgan fingerprint density at radius 3 is 2.53 bits per heavy atom. The highest BCUT2D eigenvalue weighted by molar-refractivity contribution is 7.09. The maximum Gasteiger partial charge on any atom is 0.290 e. The van der Waals surface area contributed by atoms with E-state index in [0.717, 1.165) is 28.9 Å². The molecular weight excluding hydrogens is 456 g/mol. The maximum atomic E-state index is 12.9. The third kappa shape index (κ3) is 4.42. The van der Waals surface area contributed by atoms with E-state index in [1.807, 2.05) is 24.3 Å². The number of likely N-dealkylation sites (tertiary alicyclic amines) is 1. The molecule has 0 aliphatic carbocycles. The molecule has 174 valence electrons. The average molecular weight is 479 g/mol. The van der Waals surface area contributed by atoms with Crippen molar-refractivity contribution in [2.75, 3.05) is 13.1 Å². The fraction of sp³-hybridized carbons (Fsp3) is 0.261.